The topological polar surface area (TPSA) is 110 Å². The van der Waals surface area contributed by atoms with Crippen LogP contribution >= 0.6 is 11.6 Å². The first-order chi connectivity index (χ1) is 15.0. The van der Waals surface area contributed by atoms with Crippen LogP contribution in [0.2, 0.25) is 5.15 Å². The van der Waals surface area contributed by atoms with Gasteiger partial charge in [0.25, 0.3) is 0 Å². The van der Waals surface area contributed by atoms with Gasteiger partial charge in [0.15, 0.2) is 11.0 Å². The van der Waals surface area contributed by atoms with E-state index in [4.69, 9.17) is 22.1 Å². The Kier molecular flexibility index (Phi) is 7.09. The van der Waals surface area contributed by atoms with Crippen LogP contribution in [0.4, 0.5) is 17.5 Å². The number of nitrogens with one attached hydrogen (secondary N) is 1. The smallest absolute Gasteiger partial charge is 0.246 e. The number of rotatable bonds is 7. The van der Waals surface area contributed by atoms with Crippen molar-refractivity contribution in [2.45, 2.75) is 41.2 Å². The van der Waals surface area contributed by atoms with Gasteiger partial charge in [-0.25, -0.2) is 0 Å². The third-order valence-electron chi connectivity index (χ3n) is 5.29. The second-order valence-electron chi connectivity index (χ2n) is 9.23. The van der Waals surface area contributed by atoms with Crippen LogP contribution in [0.5, 0.6) is 5.75 Å². The van der Waals surface area contributed by atoms with Gasteiger partial charge in [0, 0.05) is 37.0 Å². The molecule has 0 saturated heterocycles. The van der Waals surface area contributed by atoms with E-state index in [2.05, 4.69) is 41.0 Å². The van der Waals surface area contributed by atoms with Crippen molar-refractivity contribution in [2.24, 2.45) is 5.41 Å². The zero-order valence-electron chi connectivity index (χ0n) is 19.6. The number of pyridine rings is 1. The molecule has 3 rings (SSSR count). The van der Waals surface area contributed by atoms with E-state index in [1.165, 1.54) is 0 Å². The molecular formula is C22H32ClN7O2. The lowest BCUT2D eigenvalue weighted by atomic mass is 9.97. The number of nitrogens with two attached hydrogens (primary N) is 1. The Labute approximate surface area is 194 Å². The first-order valence-corrected chi connectivity index (χ1v) is 11.0. The zero-order valence-corrected chi connectivity index (χ0v) is 20.4. The molecule has 0 bridgehead atoms. The number of methoxy groups -OCH3 is 1. The largest absolute Gasteiger partial charge is 0.496 e. The van der Waals surface area contributed by atoms with Crippen molar-refractivity contribution < 1.29 is 9.53 Å². The van der Waals surface area contributed by atoms with Crippen LogP contribution in [0.15, 0.2) is 6.20 Å². The highest BCUT2D eigenvalue weighted by Gasteiger charge is 2.34. The van der Waals surface area contributed by atoms with E-state index < -0.39 is 0 Å². The summed E-state index contributed by atoms with van der Waals surface area (Å²) in [6.07, 6.45) is 1.77. The molecule has 1 amide bonds. The molecule has 9 nitrogen and oxygen atoms in total. The van der Waals surface area contributed by atoms with Gasteiger partial charge in [-0.2, -0.15) is 9.97 Å². The van der Waals surface area contributed by atoms with Gasteiger partial charge in [0.1, 0.15) is 11.4 Å². The molecule has 0 radical (unpaired) electrons. The van der Waals surface area contributed by atoms with Crippen molar-refractivity contribution in [1.29, 1.82) is 0 Å². The average molecular weight is 462 g/mol. The van der Waals surface area contributed by atoms with Crippen LogP contribution in [0.3, 0.4) is 0 Å². The highest BCUT2D eigenvalue weighted by molar-refractivity contribution is 6.33. The number of ether oxygens (including phenoxy) is 1. The Morgan fingerprint density at radius 3 is 2.66 bits per heavy atom. The summed E-state index contributed by atoms with van der Waals surface area (Å²) < 4.78 is 5.52. The van der Waals surface area contributed by atoms with Gasteiger partial charge < -0.3 is 25.6 Å². The van der Waals surface area contributed by atoms with Crippen LogP contribution < -0.4 is 25.6 Å². The van der Waals surface area contributed by atoms with Gasteiger partial charge in [0.05, 0.1) is 25.9 Å². The number of nitrogen functional groups attached to an aromatic ring is 1. The predicted octanol–water partition coefficient (Wildman–Crippen LogP) is 2.72. The zero-order chi connectivity index (χ0) is 23.6. The summed E-state index contributed by atoms with van der Waals surface area (Å²) in [6, 6.07) is 0. The third kappa shape index (κ3) is 5.21. The van der Waals surface area contributed by atoms with Gasteiger partial charge >= 0.3 is 0 Å². The van der Waals surface area contributed by atoms with Crippen molar-refractivity contribution in [2.75, 3.05) is 48.8 Å². The van der Waals surface area contributed by atoms with Crippen molar-refractivity contribution in [3.63, 3.8) is 0 Å². The fraction of sp³-hybridized carbons (Fsp3) is 0.545. The summed E-state index contributed by atoms with van der Waals surface area (Å²) in [4.78, 5) is 29.7. The first-order valence-electron chi connectivity index (χ1n) is 10.6. The molecule has 0 spiro atoms. The highest BCUT2D eigenvalue weighted by Crippen LogP contribution is 2.38. The standard InChI is InChI=1S/C22H32ClN7O2/c1-13-9-26-15(14(2)18(13)32-6)10-29-11-16(31)30(8-7-25-12-22(3,4)5)17-19(23)27-21(24)28-20(17)29/h9,25H,7-8,10-12H2,1-6H3,(H2,24,27,28). The summed E-state index contributed by atoms with van der Waals surface area (Å²) in [5.41, 5.74) is 9.19. The number of aryl methyl sites for hydroxylation is 1. The maximum Gasteiger partial charge on any atom is 0.246 e. The lowest BCUT2D eigenvalue weighted by molar-refractivity contribution is -0.117. The molecule has 3 N–H and O–H groups in total. The van der Waals surface area contributed by atoms with E-state index in [0.29, 0.717) is 31.1 Å². The lowest BCUT2D eigenvalue weighted by Gasteiger charge is -2.36. The van der Waals surface area contributed by atoms with E-state index >= 15 is 0 Å². The lowest BCUT2D eigenvalue weighted by Crippen LogP contribution is -2.49. The number of nitrogens with zero attached hydrogens (tertiary/aromatic N) is 5. The summed E-state index contributed by atoms with van der Waals surface area (Å²) in [6.45, 7) is 12.8. The molecule has 0 fully saturated rings. The van der Waals surface area contributed by atoms with Crippen LogP contribution in [0.25, 0.3) is 0 Å². The van der Waals surface area contributed by atoms with Crippen molar-refractivity contribution in [3.05, 3.63) is 28.2 Å². The van der Waals surface area contributed by atoms with E-state index in [1.54, 1.807) is 18.2 Å². The summed E-state index contributed by atoms with van der Waals surface area (Å²) in [5.74, 6) is 1.29. The molecule has 0 atom stereocenters. The summed E-state index contributed by atoms with van der Waals surface area (Å²) >= 11 is 6.45. The minimum Gasteiger partial charge on any atom is -0.496 e. The number of fused-ring (bicyclic) bond motifs is 1. The van der Waals surface area contributed by atoms with Gasteiger partial charge in [-0.05, 0) is 19.3 Å². The van der Waals surface area contributed by atoms with Gasteiger partial charge in [-0.1, -0.05) is 32.4 Å². The van der Waals surface area contributed by atoms with Crippen LogP contribution in [0.1, 0.15) is 37.6 Å². The van der Waals surface area contributed by atoms with Gasteiger partial charge in [0.2, 0.25) is 11.9 Å². The monoisotopic (exact) mass is 461 g/mol. The molecular weight excluding hydrogens is 430 g/mol. The molecule has 1 aliphatic rings. The van der Waals surface area contributed by atoms with Gasteiger partial charge in [-0.15, -0.1) is 0 Å². The number of hydrogen-bond donors (Lipinski definition) is 2. The van der Waals surface area contributed by atoms with Crippen molar-refractivity contribution in [3.8, 4) is 5.75 Å². The molecule has 2 aromatic rings. The Hall–Kier alpha value is -2.65. The number of hydrogen-bond acceptors (Lipinski definition) is 8. The molecule has 1 aliphatic heterocycles. The minimum atomic E-state index is -0.0814. The molecule has 0 unspecified atom stereocenters. The maximum atomic E-state index is 13.1. The Bertz CT molecular complexity index is 1010. The number of aromatic nitrogens is 3. The Morgan fingerprint density at radius 2 is 2.00 bits per heavy atom. The fourth-order valence-electron chi connectivity index (χ4n) is 3.77. The van der Waals surface area contributed by atoms with E-state index in [-0.39, 0.29) is 29.0 Å². The van der Waals surface area contributed by atoms with Crippen LogP contribution in [-0.4, -0.2) is 54.1 Å². The number of carbonyl (C=O) groups is 1. The second kappa shape index (κ2) is 9.46. The molecule has 174 valence electrons. The van der Waals surface area contributed by atoms with E-state index in [9.17, 15) is 4.79 Å². The average Bonchev–Trinajstić information content (AvgIpc) is 2.69. The Morgan fingerprint density at radius 1 is 1.28 bits per heavy atom. The number of anilines is 3. The minimum absolute atomic E-state index is 0.0603. The number of amides is 1. The van der Waals surface area contributed by atoms with Crippen LogP contribution in [-0.2, 0) is 11.3 Å². The maximum absolute atomic E-state index is 13.1. The first kappa shape index (κ1) is 24.0. The molecule has 0 aromatic carbocycles. The number of halogens is 1. The van der Waals surface area contributed by atoms with Crippen molar-refractivity contribution in [1.82, 2.24) is 20.3 Å². The second-order valence-corrected chi connectivity index (χ2v) is 9.59. The summed E-state index contributed by atoms with van der Waals surface area (Å²) in [7, 11) is 1.64. The molecule has 2 aromatic heterocycles. The van der Waals surface area contributed by atoms with E-state index in [0.717, 1.165) is 29.1 Å². The normalized spacial score (nSPS) is 14.0. The molecule has 3 heterocycles. The summed E-state index contributed by atoms with van der Waals surface area (Å²) in [5, 5.41) is 3.55. The Balaban J connectivity index is 1.90. The SMILES string of the molecule is COc1c(C)cnc(CN2CC(=O)N(CCNCC(C)(C)C)c3c(Cl)nc(N)nc32)c1C. The molecule has 0 saturated carbocycles. The quantitative estimate of drug-likeness (QED) is 0.478. The molecule has 0 aliphatic carbocycles. The fourth-order valence-corrected chi connectivity index (χ4v) is 4.04. The van der Waals surface area contributed by atoms with Crippen molar-refractivity contribution >= 4 is 35.0 Å². The van der Waals surface area contributed by atoms with Crippen LogP contribution in [0, 0.1) is 19.3 Å². The van der Waals surface area contributed by atoms with E-state index in [1.807, 2.05) is 18.7 Å². The molecule has 10 heteroatoms. The number of carbonyl (C=O) groups excluding carboxylic acids is 1. The molecule has 32 heavy (non-hydrogen) atoms. The highest BCUT2D eigenvalue weighted by atomic mass is 35.5. The predicted molar refractivity (Wildman–Crippen MR) is 127 cm³/mol. The third-order valence-corrected chi connectivity index (χ3v) is 5.56. The van der Waals surface area contributed by atoms with Gasteiger partial charge in [-0.3, -0.25) is 9.78 Å².